The molecule has 2 aromatic carbocycles. The highest BCUT2D eigenvalue weighted by Gasteiger charge is 2.30. The third kappa shape index (κ3) is 4.03. The Balaban J connectivity index is 1.96. The number of hydrogen-bond donors (Lipinski definition) is 3. The maximum Gasteiger partial charge on any atom is 0.255 e. The second-order valence-electron chi connectivity index (χ2n) is 5.56. The van der Waals surface area contributed by atoms with E-state index in [9.17, 15) is 4.79 Å². The number of benzene rings is 2. The first-order chi connectivity index (χ1) is 12.0. The summed E-state index contributed by atoms with van der Waals surface area (Å²) in [5.74, 6) is -0.235. The van der Waals surface area contributed by atoms with Gasteiger partial charge in [-0.3, -0.25) is 4.79 Å². The molecule has 3 N–H and O–H groups in total. The molecule has 0 bridgehead atoms. The molecule has 0 spiro atoms. The predicted octanol–water partition coefficient (Wildman–Crippen LogP) is 4.53. The van der Waals surface area contributed by atoms with Gasteiger partial charge >= 0.3 is 0 Å². The first-order valence-electron chi connectivity index (χ1n) is 7.55. The highest BCUT2D eigenvalue weighted by molar-refractivity contribution is 9.10. The van der Waals surface area contributed by atoms with Gasteiger partial charge in [0.2, 0.25) is 0 Å². The van der Waals surface area contributed by atoms with Crippen molar-refractivity contribution in [2.75, 3.05) is 5.32 Å². The van der Waals surface area contributed by atoms with Crippen LogP contribution in [0.4, 0.5) is 5.69 Å². The van der Waals surface area contributed by atoms with Gasteiger partial charge in [-0.05, 0) is 49.0 Å². The lowest BCUT2D eigenvalue weighted by Gasteiger charge is -2.30. The van der Waals surface area contributed by atoms with Crippen LogP contribution in [0, 0.1) is 0 Å². The molecule has 1 heterocycles. The van der Waals surface area contributed by atoms with Gasteiger partial charge < -0.3 is 16.0 Å². The molecular formula is C18H15BrClN3OS. The summed E-state index contributed by atoms with van der Waals surface area (Å²) in [6, 6.07) is 14.6. The normalized spacial score (nSPS) is 16.9. The Morgan fingerprint density at radius 3 is 2.56 bits per heavy atom. The smallest absolute Gasteiger partial charge is 0.255 e. The van der Waals surface area contributed by atoms with E-state index in [1.165, 1.54) is 0 Å². The number of rotatable bonds is 3. The molecule has 0 unspecified atom stereocenters. The molecule has 0 radical (unpaired) electrons. The van der Waals surface area contributed by atoms with Crippen LogP contribution >= 0.6 is 39.7 Å². The van der Waals surface area contributed by atoms with E-state index >= 15 is 0 Å². The highest BCUT2D eigenvalue weighted by Crippen LogP contribution is 2.29. The van der Waals surface area contributed by atoms with Crippen LogP contribution in [0.1, 0.15) is 18.5 Å². The fraction of sp³-hybridized carbons (Fsp3) is 0.111. The summed E-state index contributed by atoms with van der Waals surface area (Å²) < 4.78 is 0.968. The molecular weight excluding hydrogens is 422 g/mol. The predicted molar refractivity (Wildman–Crippen MR) is 109 cm³/mol. The zero-order chi connectivity index (χ0) is 18.0. The molecule has 1 aliphatic rings. The molecule has 25 heavy (non-hydrogen) atoms. The summed E-state index contributed by atoms with van der Waals surface area (Å²) in [6.07, 6.45) is 0. The molecule has 3 rings (SSSR count). The average Bonchev–Trinajstić information content (AvgIpc) is 2.57. The SMILES string of the molecule is CC1=C(C(=O)Nc2ccccc2Cl)[C@@H](c2ccc(Br)cc2)NC(=S)N1. The number of anilines is 1. The second-order valence-corrected chi connectivity index (χ2v) is 7.29. The molecule has 128 valence electrons. The van der Waals surface area contributed by atoms with Crippen molar-refractivity contribution in [1.82, 2.24) is 10.6 Å². The van der Waals surface area contributed by atoms with Crippen LogP contribution in [0.5, 0.6) is 0 Å². The molecule has 1 atom stereocenters. The van der Waals surface area contributed by atoms with Gasteiger partial charge in [-0.25, -0.2) is 0 Å². The van der Waals surface area contributed by atoms with E-state index < -0.39 is 0 Å². The number of amides is 1. The van der Waals surface area contributed by atoms with Gasteiger partial charge in [0, 0.05) is 10.2 Å². The monoisotopic (exact) mass is 435 g/mol. The van der Waals surface area contributed by atoms with Crippen molar-refractivity contribution in [3.05, 3.63) is 74.9 Å². The van der Waals surface area contributed by atoms with E-state index in [4.69, 9.17) is 23.8 Å². The van der Waals surface area contributed by atoms with Gasteiger partial charge in [-0.2, -0.15) is 0 Å². The van der Waals surface area contributed by atoms with Crippen LogP contribution in [0.3, 0.4) is 0 Å². The maximum absolute atomic E-state index is 12.9. The van der Waals surface area contributed by atoms with Crippen molar-refractivity contribution >= 4 is 56.5 Å². The molecule has 0 aliphatic carbocycles. The largest absolute Gasteiger partial charge is 0.351 e. The molecule has 0 saturated heterocycles. The van der Waals surface area contributed by atoms with Crippen molar-refractivity contribution in [2.24, 2.45) is 0 Å². The van der Waals surface area contributed by atoms with Crippen LogP contribution in [0.2, 0.25) is 5.02 Å². The van der Waals surface area contributed by atoms with Gasteiger partial charge in [0.25, 0.3) is 5.91 Å². The molecule has 0 fully saturated rings. The second kappa shape index (κ2) is 7.56. The molecule has 2 aromatic rings. The van der Waals surface area contributed by atoms with E-state index in [0.717, 1.165) is 10.0 Å². The number of carbonyl (C=O) groups excluding carboxylic acids is 1. The third-order valence-electron chi connectivity index (χ3n) is 3.84. The first kappa shape index (κ1) is 17.9. The minimum Gasteiger partial charge on any atom is -0.351 e. The van der Waals surface area contributed by atoms with Crippen molar-refractivity contribution < 1.29 is 4.79 Å². The third-order valence-corrected chi connectivity index (χ3v) is 4.92. The van der Waals surface area contributed by atoms with E-state index in [1.807, 2.05) is 43.3 Å². The Hall–Kier alpha value is -1.89. The molecule has 1 aliphatic heterocycles. The summed E-state index contributed by atoms with van der Waals surface area (Å²) in [5, 5.41) is 10.0. The summed E-state index contributed by atoms with van der Waals surface area (Å²) in [7, 11) is 0. The minimum atomic E-state index is -0.343. The van der Waals surface area contributed by atoms with Crippen LogP contribution in [-0.4, -0.2) is 11.0 Å². The van der Waals surface area contributed by atoms with Crippen molar-refractivity contribution in [1.29, 1.82) is 0 Å². The Morgan fingerprint density at radius 1 is 1.20 bits per heavy atom. The Morgan fingerprint density at radius 2 is 1.88 bits per heavy atom. The van der Waals surface area contributed by atoms with Gasteiger partial charge in [-0.15, -0.1) is 0 Å². The lowest BCUT2D eigenvalue weighted by atomic mass is 9.95. The zero-order valence-electron chi connectivity index (χ0n) is 13.3. The van der Waals surface area contributed by atoms with Gasteiger partial charge in [-0.1, -0.05) is 51.8 Å². The van der Waals surface area contributed by atoms with Crippen LogP contribution in [-0.2, 0) is 4.79 Å². The minimum absolute atomic E-state index is 0.235. The number of carbonyl (C=O) groups is 1. The van der Waals surface area contributed by atoms with E-state index in [2.05, 4.69) is 31.9 Å². The van der Waals surface area contributed by atoms with Crippen LogP contribution in [0.25, 0.3) is 0 Å². The van der Waals surface area contributed by atoms with Gasteiger partial charge in [0.1, 0.15) is 0 Å². The quantitative estimate of drug-likeness (QED) is 0.619. The van der Waals surface area contributed by atoms with Crippen molar-refractivity contribution in [2.45, 2.75) is 13.0 Å². The maximum atomic E-state index is 12.9. The lowest BCUT2D eigenvalue weighted by Crippen LogP contribution is -2.45. The van der Waals surface area contributed by atoms with Crippen molar-refractivity contribution in [3.63, 3.8) is 0 Å². The molecule has 7 heteroatoms. The number of para-hydroxylation sites is 1. The van der Waals surface area contributed by atoms with E-state index in [-0.39, 0.29) is 11.9 Å². The van der Waals surface area contributed by atoms with Gasteiger partial charge in [0.15, 0.2) is 5.11 Å². The fourth-order valence-corrected chi connectivity index (χ4v) is 3.37. The molecule has 0 saturated carbocycles. The molecule has 4 nitrogen and oxygen atoms in total. The van der Waals surface area contributed by atoms with Crippen LogP contribution < -0.4 is 16.0 Å². The summed E-state index contributed by atoms with van der Waals surface area (Å²) in [4.78, 5) is 12.9. The first-order valence-corrected chi connectivity index (χ1v) is 9.13. The Labute approximate surface area is 164 Å². The summed E-state index contributed by atoms with van der Waals surface area (Å²) >= 11 is 14.8. The number of halogens is 2. The Bertz CT molecular complexity index is 867. The van der Waals surface area contributed by atoms with E-state index in [0.29, 0.717) is 27.1 Å². The standard InChI is InChI=1S/C18H15BrClN3OS/c1-10-15(17(24)22-14-5-3-2-4-13(14)20)16(23-18(25)21-10)11-6-8-12(19)9-7-11/h2-9,16H,1H3,(H,22,24)(H2,21,23,25)/t16-/m1/s1. The summed E-state index contributed by atoms with van der Waals surface area (Å²) in [6.45, 7) is 1.83. The number of allylic oxidation sites excluding steroid dienone is 1. The van der Waals surface area contributed by atoms with Crippen molar-refractivity contribution in [3.8, 4) is 0 Å². The number of hydrogen-bond acceptors (Lipinski definition) is 2. The van der Waals surface area contributed by atoms with Gasteiger partial charge in [0.05, 0.1) is 22.3 Å². The van der Waals surface area contributed by atoms with E-state index in [1.54, 1.807) is 12.1 Å². The molecule has 0 aromatic heterocycles. The average molecular weight is 437 g/mol. The fourth-order valence-electron chi connectivity index (χ4n) is 2.65. The Kier molecular flexibility index (Phi) is 5.42. The lowest BCUT2D eigenvalue weighted by molar-refractivity contribution is -0.113. The number of thiocarbonyl (C=S) groups is 1. The highest BCUT2D eigenvalue weighted by atomic mass is 79.9. The summed E-state index contributed by atoms with van der Waals surface area (Å²) in [5.41, 5.74) is 2.78. The topological polar surface area (TPSA) is 53.2 Å². The zero-order valence-corrected chi connectivity index (χ0v) is 16.4. The van der Waals surface area contributed by atoms with Crippen LogP contribution in [0.15, 0.2) is 64.3 Å². The molecule has 1 amide bonds. The number of nitrogens with one attached hydrogen (secondary N) is 3.